The summed E-state index contributed by atoms with van der Waals surface area (Å²) in [5.41, 5.74) is 3.48. The van der Waals surface area contributed by atoms with E-state index in [9.17, 15) is 14.4 Å². The molecular formula is C24H22N4O5. The number of carbonyl (C=O) groups is 3. The van der Waals surface area contributed by atoms with Crippen molar-refractivity contribution in [2.45, 2.75) is 19.5 Å². The second-order valence-electron chi connectivity index (χ2n) is 7.38. The summed E-state index contributed by atoms with van der Waals surface area (Å²) >= 11 is 0. The van der Waals surface area contributed by atoms with Gasteiger partial charge in [0, 0.05) is 25.6 Å². The lowest BCUT2D eigenvalue weighted by Crippen LogP contribution is -2.27. The predicted octanol–water partition coefficient (Wildman–Crippen LogP) is 2.06. The van der Waals surface area contributed by atoms with E-state index in [0.29, 0.717) is 18.7 Å². The lowest BCUT2D eigenvalue weighted by atomic mass is 10.1. The Morgan fingerprint density at radius 1 is 0.909 bits per heavy atom. The van der Waals surface area contributed by atoms with E-state index in [2.05, 4.69) is 25.3 Å². The van der Waals surface area contributed by atoms with Gasteiger partial charge in [0.15, 0.2) is 0 Å². The molecule has 0 radical (unpaired) electrons. The van der Waals surface area contributed by atoms with Gasteiger partial charge in [-0.15, -0.1) is 0 Å². The lowest BCUT2D eigenvalue weighted by molar-refractivity contribution is 0.0600. The first-order valence-electron chi connectivity index (χ1n) is 10.3. The molecule has 0 atom stereocenters. The molecule has 2 heterocycles. The van der Waals surface area contributed by atoms with Crippen LogP contribution in [0.5, 0.6) is 5.75 Å². The van der Waals surface area contributed by atoms with Crippen molar-refractivity contribution < 1.29 is 23.9 Å². The van der Waals surface area contributed by atoms with E-state index in [-0.39, 0.29) is 17.9 Å². The fraction of sp³-hybridized carbons (Fsp3) is 0.208. The van der Waals surface area contributed by atoms with Gasteiger partial charge in [0.05, 0.1) is 19.3 Å². The fourth-order valence-electron chi connectivity index (χ4n) is 3.38. The number of fused-ring (bicyclic) bond motifs is 1. The van der Waals surface area contributed by atoms with Crippen molar-refractivity contribution in [3.8, 4) is 5.75 Å². The summed E-state index contributed by atoms with van der Waals surface area (Å²) in [6.45, 7) is 1.24. The average molecular weight is 446 g/mol. The zero-order valence-electron chi connectivity index (χ0n) is 18.0. The fourth-order valence-corrected chi connectivity index (χ4v) is 3.38. The summed E-state index contributed by atoms with van der Waals surface area (Å²) in [7, 11) is 1.31. The third kappa shape index (κ3) is 5.32. The summed E-state index contributed by atoms with van der Waals surface area (Å²) in [5.74, 6) is -0.387. The highest BCUT2D eigenvalue weighted by molar-refractivity contribution is 5.97. The number of nitrogens with one attached hydrogen (secondary N) is 2. The molecule has 9 nitrogen and oxygen atoms in total. The van der Waals surface area contributed by atoms with Crippen molar-refractivity contribution in [1.29, 1.82) is 0 Å². The van der Waals surface area contributed by atoms with Crippen LogP contribution in [0.15, 0.2) is 54.9 Å². The van der Waals surface area contributed by atoms with E-state index in [0.717, 1.165) is 28.9 Å². The number of nitrogens with zero attached hydrogens (tertiary/aromatic N) is 2. The molecule has 2 N–H and O–H groups in total. The topological polar surface area (TPSA) is 120 Å². The molecule has 0 saturated heterocycles. The Balaban J connectivity index is 1.33. The third-order valence-corrected chi connectivity index (χ3v) is 5.17. The van der Waals surface area contributed by atoms with Crippen LogP contribution >= 0.6 is 0 Å². The number of amides is 2. The summed E-state index contributed by atoms with van der Waals surface area (Å²) in [6, 6.07) is 13.8. The Bertz CT molecular complexity index is 1190. The summed E-state index contributed by atoms with van der Waals surface area (Å²) < 4.78 is 10.2. The Hall–Kier alpha value is -4.27. The minimum atomic E-state index is -0.442. The number of methoxy groups -OCH3 is 1. The molecule has 3 aromatic rings. The lowest BCUT2D eigenvalue weighted by Gasteiger charge is -2.08. The molecule has 1 aromatic heterocycles. The standard InChI is InChI=1S/C24H22N4O5/c1-32-24(31)17-5-2-15(3-6-17)12-25-22(29)19-11-20(28-14-27-19)23(30)26-13-16-4-7-21-18(10-16)8-9-33-21/h2-7,10-11,14H,8-9,12-13H2,1H3,(H,25,29)(H,26,30). The molecule has 2 aromatic carbocycles. The number of esters is 1. The number of rotatable bonds is 7. The maximum Gasteiger partial charge on any atom is 0.337 e. The number of benzene rings is 2. The molecule has 33 heavy (non-hydrogen) atoms. The minimum absolute atomic E-state index is 0.0796. The molecule has 2 amide bonds. The van der Waals surface area contributed by atoms with Gasteiger partial charge in [0.2, 0.25) is 0 Å². The Morgan fingerprint density at radius 3 is 2.21 bits per heavy atom. The molecule has 0 saturated carbocycles. The smallest absolute Gasteiger partial charge is 0.337 e. The number of ether oxygens (including phenoxy) is 2. The number of hydrogen-bond donors (Lipinski definition) is 2. The first kappa shape index (κ1) is 21.9. The van der Waals surface area contributed by atoms with E-state index < -0.39 is 17.8 Å². The van der Waals surface area contributed by atoms with Crippen molar-refractivity contribution in [3.05, 3.63) is 88.5 Å². The Morgan fingerprint density at radius 2 is 1.55 bits per heavy atom. The minimum Gasteiger partial charge on any atom is -0.493 e. The van der Waals surface area contributed by atoms with Crippen LogP contribution in [0.2, 0.25) is 0 Å². The summed E-state index contributed by atoms with van der Waals surface area (Å²) in [4.78, 5) is 44.4. The third-order valence-electron chi connectivity index (χ3n) is 5.17. The molecule has 0 spiro atoms. The molecule has 4 rings (SSSR count). The first-order chi connectivity index (χ1) is 16.0. The molecule has 1 aliphatic rings. The Labute approximate surface area is 190 Å². The second-order valence-corrected chi connectivity index (χ2v) is 7.38. The monoisotopic (exact) mass is 446 g/mol. The quantitative estimate of drug-likeness (QED) is 0.533. The van der Waals surface area contributed by atoms with Gasteiger partial charge in [-0.05, 0) is 34.9 Å². The van der Waals surface area contributed by atoms with E-state index >= 15 is 0 Å². The first-order valence-corrected chi connectivity index (χ1v) is 10.3. The van der Waals surface area contributed by atoms with Gasteiger partial charge in [-0.1, -0.05) is 24.3 Å². The summed E-state index contributed by atoms with van der Waals surface area (Å²) in [5, 5.41) is 5.55. The molecule has 168 valence electrons. The number of aromatic nitrogens is 2. The molecule has 0 bridgehead atoms. The van der Waals surface area contributed by atoms with Gasteiger partial charge < -0.3 is 20.1 Å². The summed E-state index contributed by atoms with van der Waals surface area (Å²) in [6.07, 6.45) is 2.04. The van der Waals surface area contributed by atoms with Crippen molar-refractivity contribution in [2.75, 3.05) is 13.7 Å². The van der Waals surface area contributed by atoms with Crippen molar-refractivity contribution in [1.82, 2.24) is 20.6 Å². The number of carbonyl (C=O) groups excluding carboxylic acids is 3. The van der Waals surface area contributed by atoms with E-state index in [1.807, 2.05) is 18.2 Å². The SMILES string of the molecule is COC(=O)c1ccc(CNC(=O)c2cc(C(=O)NCc3ccc4c(c3)CCO4)ncn2)cc1. The Kier molecular flexibility index (Phi) is 6.58. The van der Waals surface area contributed by atoms with E-state index in [4.69, 9.17) is 4.74 Å². The second kappa shape index (κ2) is 9.90. The van der Waals surface area contributed by atoms with Crippen LogP contribution in [0.25, 0.3) is 0 Å². The highest BCUT2D eigenvalue weighted by Crippen LogP contribution is 2.25. The molecule has 0 aliphatic carbocycles. The highest BCUT2D eigenvalue weighted by Gasteiger charge is 2.15. The maximum absolute atomic E-state index is 12.5. The van der Waals surface area contributed by atoms with Crippen LogP contribution < -0.4 is 15.4 Å². The van der Waals surface area contributed by atoms with Gasteiger partial charge in [-0.3, -0.25) is 9.59 Å². The zero-order chi connectivity index (χ0) is 23.2. The van der Waals surface area contributed by atoms with Gasteiger partial charge in [0.25, 0.3) is 11.8 Å². The van der Waals surface area contributed by atoms with Crippen LogP contribution in [-0.4, -0.2) is 41.5 Å². The van der Waals surface area contributed by atoms with Gasteiger partial charge in [-0.2, -0.15) is 0 Å². The van der Waals surface area contributed by atoms with Crippen LogP contribution in [0.4, 0.5) is 0 Å². The van der Waals surface area contributed by atoms with Gasteiger partial charge in [-0.25, -0.2) is 14.8 Å². The largest absolute Gasteiger partial charge is 0.493 e. The molecule has 0 fully saturated rings. The zero-order valence-corrected chi connectivity index (χ0v) is 18.0. The van der Waals surface area contributed by atoms with E-state index in [1.54, 1.807) is 24.3 Å². The number of hydrogen-bond acceptors (Lipinski definition) is 7. The normalized spacial score (nSPS) is 11.8. The van der Waals surface area contributed by atoms with Gasteiger partial charge in [0.1, 0.15) is 23.5 Å². The molecule has 0 unspecified atom stereocenters. The molecule has 9 heteroatoms. The maximum atomic E-state index is 12.5. The van der Waals surface area contributed by atoms with Crippen LogP contribution in [0.3, 0.4) is 0 Å². The van der Waals surface area contributed by atoms with E-state index in [1.165, 1.54) is 19.5 Å². The van der Waals surface area contributed by atoms with Crippen LogP contribution in [-0.2, 0) is 24.2 Å². The van der Waals surface area contributed by atoms with Crippen molar-refractivity contribution in [3.63, 3.8) is 0 Å². The van der Waals surface area contributed by atoms with Crippen molar-refractivity contribution in [2.24, 2.45) is 0 Å². The molecule has 1 aliphatic heterocycles. The van der Waals surface area contributed by atoms with Crippen LogP contribution in [0, 0.1) is 0 Å². The average Bonchev–Trinajstić information content (AvgIpc) is 3.33. The predicted molar refractivity (Wildman–Crippen MR) is 118 cm³/mol. The molecular weight excluding hydrogens is 424 g/mol. The van der Waals surface area contributed by atoms with Crippen LogP contribution in [0.1, 0.15) is 48.0 Å². The highest BCUT2D eigenvalue weighted by atomic mass is 16.5. The van der Waals surface area contributed by atoms with Crippen molar-refractivity contribution >= 4 is 17.8 Å². The van der Waals surface area contributed by atoms with Gasteiger partial charge >= 0.3 is 5.97 Å².